The Balaban J connectivity index is 2.05. The van der Waals surface area contributed by atoms with Crippen LogP contribution < -0.4 is 4.74 Å². The van der Waals surface area contributed by atoms with E-state index in [-0.39, 0.29) is 17.9 Å². The van der Waals surface area contributed by atoms with E-state index >= 15 is 0 Å². The Morgan fingerprint density at radius 3 is 2.95 bits per heavy atom. The second kappa shape index (κ2) is 4.53. The quantitative estimate of drug-likeness (QED) is 0.439. The number of hydrogen-bond donors (Lipinski definition) is 0. The Bertz CT molecular complexity index is 561. The number of rotatable bonds is 1. The summed E-state index contributed by atoms with van der Waals surface area (Å²) in [5.74, 6) is -1.15. The molecule has 0 radical (unpaired) electrons. The van der Waals surface area contributed by atoms with Crippen molar-refractivity contribution in [3.8, 4) is 5.75 Å². The minimum Gasteiger partial charge on any atom is -0.469 e. The zero-order valence-electron chi connectivity index (χ0n) is 10.5. The first-order chi connectivity index (χ1) is 9.22. The Hall–Kier alpha value is -2.10. The maximum absolute atomic E-state index is 12.2. The first-order valence-electron chi connectivity index (χ1n) is 6.27. The number of esters is 2. The third-order valence-electron chi connectivity index (χ3n) is 3.82. The molecule has 98 valence electrons. The van der Waals surface area contributed by atoms with Crippen LogP contribution in [0.25, 0.3) is 0 Å². The van der Waals surface area contributed by atoms with Crippen LogP contribution in [0.3, 0.4) is 0 Å². The van der Waals surface area contributed by atoms with Crippen LogP contribution in [0.1, 0.15) is 17.9 Å². The number of carbonyl (C=O) groups is 2. The summed E-state index contributed by atoms with van der Waals surface area (Å²) < 4.78 is 10.1. The van der Waals surface area contributed by atoms with Crippen molar-refractivity contribution in [1.82, 2.24) is 0 Å². The highest BCUT2D eigenvalue weighted by Gasteiger charge is 2.45. The molecule has 2 aliphatic rings. The Labute approximate surface area is 111 Å². The van der Waals surface area contributed by atoms with E-state index in [4.69, 9.17) is 9.47 Å². The molecule has 4 nitrogen and oxygen atoms in total. The first kappa shape index (κ1) is 12.0. The topological polar surface area (TPSA) is 52.6 Å². The van der Waals surface area contributed by atoms with Gasteiger partial charge in [0, 0.05) is 11.5 Å². The molecule has 0 spiro atoms. The van der Waals surface area contributed by atoms with E-state index < -0.39 is 11.8 Å². The van der Waals surface area contributed by atoms with E-state index in [9.17, 15) is 9.59 Å². The summed E-state index contributed by atoms with van der Waals surface area (Å²) in [6.45, 7) is 0. The first-order valence-corrected chi connectivity index (χ1v) is 6.27. The number of para-hydroxylation sites is 1. The third kappa shape index (κ3) is 1.84. The SMILES string of the molecule is COC(=O)[C@H]1CC=C[C@H]2c3ccccc3OC(=O)[C@H]12. The normalized spacial score (nSPS) is 28.1. The zero-order chi connectivity index (χ0) is 13.4. The Morgan fingerprint density at radius 1 is 1.37 bits per heavy atom. The van der Waals surface area contributed by atoms with Gasteiger partial charge < -0.3 is 9.47 Å². The summed E-state index contributed by atoms with van der Waals surface area (Å²) >= 11 is 0. The molecule has 1 aliphatic carbocycles. The van der Waals surface area contributed by atoms with Gasteiger partial charge in [0.1, 0.15) is 5.75 Å². The maximum Gasteiger partial charge on any atom is 0.316 e. The fourth-order valence-electron chi connectivity index (χ4n) is 2.92. The highest BCUT2D eigenvalue weighted by molar-refractivity contribution is 5.86. The molecular weight excluding hydrogens is 244 g/mol. The zero-order valence-corrected chi connectivity index (χ0v) is 10.5. The standard InChI is InChI=1S/C15H14O4/c1-18-14(16)11-7-4-6-10-9-5-2-3-8-12(9)19-15(17)13(10)11/h2-6,8,10-11,13H,7H2,1H3/t10-,11-,13-/m0/s1. The molecule has 3 atom stereocenters. The molecule has 0 amide bonds. The van der Waals surface area contributed by atoms with E-state index in [0.717, 1.165) is 5.56 Å². The minimum atomic E-state index is -0.479. The summed E-state index contributed by atoms with van der Waals surface area (Å²) in [4.78, 5) is 24.0. The van der Waals surface area contributed by atoms with Gasteiger partial charge in [-0.05, 0) is 12.5 Å². The third-order valence-corrected chi connectivity index (χ3v) is 3.82. The molecule has 3 rings (SSSR count). The molecule has 1 heterocycles. The molecular formula is C15H14O4. The van der Waals surface area contributed by atoms with Crippen molar-refractivity contribution in [1.29, 1.82) is 0 Å². The van der Waals surface area contributed by atoms with E-state index in [1.165, 1.54) is 7.11 Å². The fraction of sp³-hybridized carbons (Fsp3) is 0.333. The average molecular weight is 258 g/mol. The number of benzene rings is 1. The summed E-state index contributed by atoms with van der Waals surface area (Å²) in [6, 6.07) is 7.45. The molecule has 19 heavy (non-hydrogen) atoms. The van der Waals surface area contributed by atoms with Crippen molar-refractivity contribution in [2.75, 3.05) is 7.11 Å². The molecule has 4 heteroatoms. The molecule has 0 fully saturated rings. The van der Waals surface area contributed by atoms with Crippen LogP contribution in [0.4, 0.5) is 0 Å². The molecule has 0 bridgehead atoms. The summed E-state index contributed by atoms with van der Waals surface area (Å²) in [5, 5.41) is 0. The second-order valence-corrected chi connectivity index (χ2v) is 4.80. The summed E-state index contributed by atoms with van der Waals surface area (Å²) in [5.41, 5.74) is 0.956. The van der Waals surface area contributed by atoms with Crippen molar-refractivity contribution in [3.63, 3.8) is 0 Å². The van der Waals surface area contributed by atoms with Crippen LogP contribution in [-0.4, -0.2) is 19.0 Å². The number of ether oxygens (including phenoxy) is 2. The van der Waals surface area contributed by atoms with Gasteiger partial charge in [-0.3, -0.25) is 9.59 Å². The van der Waals surface area contributed by atoms with Crippen LogP contribution in [0, 0.1) is 11.8 Å². The lowest BCUT2D eigenvalue weighted by Gasteiger charge is -2.35. The lowest BCUT2D eigenvalue weighted by molar-refractivity contribution is -0.156. The minimum absolute atomic E-state index is 0.102. The number of carbonyl (C=O) groups excluding carboxylic acids is 2. The monoisotopic (exact) mass is 258 g/mol. The van der Waals surface area contributed by atoms with Gasteiger partial charge in [-0.25, -0.2) is 0 Å². The summed E-state index contributed by atoms with van der Waals surface area (Å²) in [7, 11) is 1.35. The molecule has 0 aromatic heterocycles. The van der Waals surface area contributed by atoms with Crippen molar-refractivity contribution in [2.45, 2.75) is 12.3 Å². The molecule has 1 aliphatic heterocycles. The van der Waals surface area contributed by atoms with Crippen LogP contribution in [0.5, 0.6) is 5.75 Å². The molecule has 1 aromatic rings. The molecule has 1 aromatic carbocycles. The largest absolute Gasteiger partial charge is 0.469 e. The molecule has 0 saturated carbocycles. The smallest absolute Gasteiger partial charge is 0.316 e. The highest BCUT2D eigenvalue weighted by Crippen LogP contribution is 2.45. The van der Waals surface area contributed by atoms with Gasteiger partial charge in [0.15, 0.2) is 0 Å². The van der Waals surface area contributed by atoms with Crippen LogP contribution in [0.15, 0.2) is 36.4 Å². The molecule has 0 N–H and O–H groups in total. The van der Waals surface area contributed by atoms with Gasteiger partial charge in [0.2, 0.25) is 0 Å². The maximum atomic E-state index is 12.2. The Morgan fingerprint density at radius 2 is 2.16 bits per heavy atom. The molecule has 0 saturated heterocycles. The van der Waals surface area contributed by atoms with Crippen molar-refractivity contribution in [2.24, 2.45) is 11.8 Å². The Kier molecular flexibility index (Phi) is 2.85. The fourth-order valence-corrected chi connectivity index (χ4v) is 2.92. The second-order valence-electron chi connectivity index (χ2n) is 4.80. The van der Waals surface area contributed by atoms with Gasteiger partial charge in [0.25, 0.3) is 0 Å². The molecule has 0 unspecified atom stereocenters. The predicted molar refractivity (Wildman–Crippen MR) is 67.6 cm³/mol. The van der Waals surface area contributed by atoms with Crippen LogP contribution in [0.2, 0.25) is 0 Å². The number of fused-ring (bicyclic) bond motifs is 3. The van der Waals surface area contributed by atoms with Gasteiger partial charge in [-0.1, -0.05) is 30.4 Å². The lowest BCUT2D eigenvalue weighted by atomic mass is 9.71. The van der Waals surface area contributed by atoms with E-state index in [1.807, 2.05) is 30.4 Å². The van der Waals surface area contributed by atoms with Gasteiger partial charge in [0.05, 0.1) is 18.9 Å². The van der Waals surface area contributed by atoms with Gasteiger partial charge in [-0.15, -0.1) is 0 Å². The summed E-state index contributed by atoms with van der Waals surface area (Å²) in [6.07, 6.45) is 4.45. The van der Waals surface area contributed by atoms with Crippen molar-refractivity contribution in [3.05, 3.63) is 42.0 Å². The number of methoxy groups -OCH3 is 1. The van der Waals surface area contributed by atoms with Crippen LogP contribution in [-0.2, 0) is 14.3 Å². The van der Waals surface area contributed by atoms with E-state index in [2.05, 4.69) is 0 Å². The number of hydrogen-bond acceptors (Lipinski definition) is 4. The van der Waals surface area contributed by atoms with Crippen molar-refractivity contribution < 1.29 is 19.1 Å². The van der Waals surface area contributed by atoms with Gasteiger partial charge >= 0.3 is 11.9 Å². The highest BCUT2D eigenvalue weighted by atomic mass is 16.5. The van der Waals surface area contributed by atoms with Gasteiger partial charge in [-0.2, -0.15) is 0 Å². The van der Waals surface area contributed by atoms with Crippen molar-refractivity contribution >= 4 is 11.9 Å². The van der Waals surface area contributed by atoms with E-state index in [1.54, 1.807) is 6.07 Å². The lowest BCUT2D eigenvalue weighted by Crippen LogP contribution is -2.41. The average Bonchev–Trinajstić information content (AvgIpc) is 2.46. The van der Waals surface area contributed by atoms with Crippen LogP contribution >= 0.6 is 0 Å². The number of allylic oxidation sites excluding steroid dienone is 2. The van der Waals surface area contributed by atoms with E-state index in [0.29, 0.717) is 12.2 Å². The predicted octanol–water partition coefficient (Wildman–Crippen LogP) is 2.05.